The third kappa shape index (κ3) is 7.58. The van der Waals surface area contributed by atoms with Crippen molar-refractivity contribution < 1.29 is 28.9 Å². The predicted octanol–water partition coefficient (Wildman–Crippen LogP) is 1.65. The van der Waals surface area contributed by atoms with Gasteiger partial charge in [-0.15, -0.1) is 0 Å². The van der Waals surface area contributed by atoms with Gasteiger partial charge in [-0.25, -0.2) is 9.59 Å². The second-order valence-electron chi connectivity index (χ2n) is 5.11. The van der Waals surface area contributed by atoms with Gasteiger partial charge in [0.05, 0.1) is 18.8 Å². The minimum atomic E-state index is -0.939. The van der Waals surface area contributed by atoms with Crippen molar-refractivity contribution in [3.8, 4) is 0 Å². The summed E-state index contributed by atoms with van der Waals surface area (Å²) < 4.78 is 15.0. The molecule has 0 saturated carbocycles. The van der Waals surface area contributed by atoms with Gasteiger partial charge in [0.15, 0.2) is 0 Å². The number of hydrogen-bond acceptors (Lipinski definition) is 6. The van der Waals surface area contributed by atoms with E-state index in [4.69, 9.17) is 14.2 Å². The molecule has 1 rings (SSSR count). The summed E-state index contributed by atoms with van der Waals surface area (Å²) in [6, 6.07) is 7.04. The molecule has 6 nitrogen and oxygen atoms in total. The van der Waals surface area contributed by atoms with E-state index in [2.05, 4.69) is 6.58 Å². The summed E-state index contributed by atoms with van der Waals surface area (Å²) in [4.78, 5) is 22.8. The van der Waals surface area contributed by atoms with Crippen molar-refractivity contribution in [2.45, 2.75) is 20.0 Å². The number of rotatable bonds is 9. The Morgan fingerprint density at radius 1 is 1.13 bits per heavy atom. The molecule has 1 N–H and O–H groups in total. The summed E-state index contributed by atoms with van der Waals surface area (Å²) in [7, 11) is 0. The van der Waals surface area contributed by atoms with Crippen molar-refractivity contribution in [2.75, 3.05) is 26.4 Å². The molecule has 0 bridgehead atoms. The molecule has 23 heavy (non-hydrogen) atoms. The lowest BCUT2D eigenvalue weighted by Gasteiger charge is -2.12. The van der Waals surface area contributed by atoms with Crippen molar-refractivity contribution in [3.63, 3.8) is 0 Å². The Hall–Kier alpha value is -2.18. The van der Waals surface area contributed by atoms with E-state index in [-0.39, 0.29) is 32.0 Å². The molecule has 0 aromatic heterocycles. The molecule has 0 spiro atoms. The zero-order valence-corrected chi connectivity index (χ0v) is 13.4. The van der Waals surface area contributed by atoms with E-state index in [1.165, 1.54) is 6.92 Å². The van der Waals surface area contributed by atoms with E-state index in [1.54, 1.807) is 12.1 Å². The smallest absolute Gasteiger partial charge is 0.338 e. The predicted molar refractivity (Wildman–Crippen MR) is 84.1 cm³/mol. The molecule has 0 radical (unpaired) electrons. The molecule has 6 heteroatoms. The fourth-order valence-corrected chi connectivity index (χ4v) is 1.53. The maximum atomic E-state index is 11.7. The van der Waals surface area contributed by atoms with Crippen LogP contribution in [0.25, 0.3) is 0 Å². The number of esters is 2. The quantitative estimate of drug-likeness (QED) is 0.423. The SMILES string of the molecule is C=C(C)C(=O)OCC(O)COCCOC(=O)c1ccc(C)cc1. The summed E-state index contributed by atoms with van der Waals surface area (Å²) in [5.41, 5.74) is 1.80. The normalized spacial score (nSPS) is 11.6. The number of aliphatic hydroxyl groups excluding tert-OH is 1. The third-order valence-corrected chi connectivity index (χ3v) is 2.81. The molecule has 1 aromatic carbocycles. The van der Waals surface area contributed by atoms with Gasteiger partial charge in [0.1, 0.15) is 19.3 Å². The van der Waals surface area contributed by atoms with E-state index >= 15 is 0 Å². The van der Waals surface area contributed by atoms with Crippen LogP contribution in [0.3, 0.4) is 0 Å². The maximum Gasteiger partial charge on any atom is 0.338 e. The van der Waals surface area contributed by atoms with Crippen molar-refractivity contribution in [1.29, 1.82) is 0 Å². The van der Waals surface area contributed by atoms with Crippen LogP contribution in [-0.2, 0) is 19.0 Å². The van der Waals surface area contributed by atoms with E-state index in [1.807, 2.05) is 19.1 Å². The molecular formula is C17H22O6. The lowest BCUT2D eigenvalue weighted by molar-refractivity contribution is -0.143. The second-order valence-corrected chi connectivity index (χ2v) is 5.11. The fourth-order valence-electron chi connectivity index (χ4n) is 1.53. The summed E-state index contributed by atoms with van der Waals surface area (Å²) in [5, 5.41) is 9.55. The molecule has 1 unspecified atom stereocenters. The highest BCUT2D eigenvalue weighted by atomic mass is 16.6. The zero-order valence-electron chi connectivity index (χ0n) is 13.4. The van der Waals surface area contributed by atoms with Gasteiger partial charge < -0.3 is 19.3 Å². The van der Waals surface area contributed by atoms with Gasteiger partial charge in [-0.3, -0.25) is 0 Å². The lowest BCUT2D eigenvalue weighted by Crippen LogP contribution is -2.25. The number of carbonyl (C=O) groups is 2. The van der Waals surface area contributed by atoms with Crippen molar-refractivity contribution in [3.05, 3.63) is 47.5 Å². The Bertz CT molecular complexity index is 535. The minimum Gasteiger partial charge on any atom is -0.460 e. The molecule has 0 fully saturated rings. The maximum absolute atomic E-state index is 11.7. The van der Waals surface area contributed by atoms with Crippen LogP contribution in [0, 0.1) is 6.92 Å². The number of aryl methyl sites for hydroxylation is 1. The zero-order chi connectivity index (χ0) is 17.2. The van der Waals surface area contributed by atoms with E-state index in [0.29, 0.717) is 5.56 Å². The molecule has 1 aromatic rings. The first-order valence-electron chi connectivity index (χ1n) is 7.22. The summed E-state index contributed by atoms with van der Waals surface area (Å²) in [6.07, 6.45) is -0.939. The van der Waals surface area contributed by atoms with Crippen LogP contribution in [0.5, 0.6) is 0 Å². The van der Waals surface area contributed by atoms with E-state index < -0.39 is 18.0 Å². The number of benzene rings is 1. The molecule has 0 aliphatic rings. The largest absolute Gasteiger partial charge is 0.460 e. The van der Waals surface area contributed by atoms with Gasteiger partial charge in [-0.1, -0.05) is 24.3 Å². The summed E-state index contributed by atoms with van der Waals surface area (Å²) >= 11 is 0. The van der Waals surface area contributed by atoms with Gasteiger partial charge in [0, 0.05) is 5.57 Å². The third-order valence-electron chi connectivity index (χ3n) is 2.81. The first-order chi connectivity index (χ1) is 10.9. The van der Waals surface area contributed by atoms with Crippen molar-refractivity contribution in [2.24, 2.45) is 0 Å². The van der Waals surface area contributed by atoms with Gasteiger partial charge in [-0.05, 0) is 26.0 Å². The first kappa shape index (κ1) is 18.9. The summed E-state index contributed by atoms with van der Waals surface area (Å²) in [5.74, 6) is -0.986. The Balaban J connectivity index is 2.13. The second kappa shape index (κ2) is 9.76. The Labute approximate surface area is 135 Å². The molecule has 0 heterocycles. The Morgan fingerprint density at radius 3 is 2.39 bits per heavy atom. The van der Waals surface area contributed by atoms with Crippen LogP contribution >= 0.6 is 0 Å². The van der Waals surface area contributed by atoms with Crippen molar-refractivity contribution >= 4 is 11.9 Å². The molecule has 126 valence electrons. The molecule has 0 aliphatic carbocycles. The van der Waals surface area contributed by atoms with Crippen LogP contribution in [-0.4, -0.2) is 49.6 Å². The van der Waals surface area contributed by atoms with Crippen LogP contribution in [0.1, 0.15) is 22.8 Å². The van der Waals surface area contributed by atoms with Crippen LogP contribution in [0.2, 0.25) is 0 Å². The van der Waals surface area contributed by atoms with E-state index in [9.17, 15) is 14.7 Å². The Morgan fingerprint density at radius 2 is 1.78 bits per heavy atom. The monoisotopic (exact) mass is 322 g/mol. The van der Waals surface area contributed by atoms with Gasteiger partial charge in [0.2, 0.25) is 0 Å². The highest BCUT2D eigenvalue weighted by Crippen LogP contribution is 2.04. The standard InChI is InChI=1S/C17H22O6/c1-12(2)16(19)23-11-15(18)10-21-8-9-22-17(20)14-6-4-13(3)5-7-14/h4-7,15,18H,1,8-11H2,2-3H3. The molecule has 0 amide bonds. The van der Waals surface area contributed by atoms with Crippen LogP contribution in [0.15, 0.2) is 36.4 Å². The number of aliphatic hydroxyl groups is 1. The summed E-state index contributed by atoms with van der Waals surface area (Å²) in [6.45, 7) is 6.91. The number of ether oxygens (including phenoxy) is 3. The number of hydrogen-bond donors (Lipinski definition) is 1. The number of carbonyl (C=O) groups excluding carboxylic acids is 2. The van der Waals surface area contributed by atoms with E-state index in [0.717, 1.165) is 5.56 Å². The molecule has 1 atom stereocenters. The van der Waals surface area contributed by atoms with Crippen LogP contribution in [0.4, 0.5) is 0 Å². The molecule has 0 saturated heterocycles. The van der Waals surface area contributed by atoms with Gasteiger partial charge >= 0.3 is 11.9 Å². The lowest BCUT2D eigenvalue weighted by atomic mass is 10.1. The molecule has 0 aliphatic heterocycles. The van der Waals surface area contributed by atoms with Gasteiger partial charge in [0.25, 0.3) is 0 Å². The Kier molecular flexibility index (Phi) is 8.01. The fraction of sp³-hybridized carbons (Fsp3) is 0.412. The highest BCUT2D eigenvalue weighted by Gasteiger charge is 2.10. The highest BCUT2D eigenvalue weighted by molar-refractivity contribution is 5.89. The van der Waals surface area contributed by atoms with Crippen molar-refractivity contribution in [1.82, 2.24) is 0 Å². The van der Waals surface area contributed by atoms with Crippen LogP contribution < -0.4 is 0 Å². The molecular weight excluding hydrogens is 300 g/mol. The topological polar surface area (TPSA) is 82.1 Å². The van der Waals surface area contributed by atoms with Gasteiger partial charge in [-0.2, -0.15) is 0 Å². The average molecular weight is 322 g/mol. The average Bonchev–Trinajstić information content (AvgIpc) is 2.52. The minimum absolute atomic E-state index is 0.0223. The first-order valence-corrected chi connectivity index (χ1v) is 7.22.